The number of aliphatic hydroxyl groups is 1. The van der Waals surface area contributed by atoms with Crippen molar-refractivity contribution in [2.24, 2.45) is 17.3 Å². The van der Waals surface area contributed by atoms with Crippen LogP contribution in [0.4, 0.5) is 14.5 Å². The van der Waals surface area contributed by atoms with Crippen molar-refractivity contribution >= 4 is 57.1 Å². The van der Waals surface area contributed by atoms with E-state index in [0.29, 0.717) is 68.1 Å². The Hall–Kier alpha value is -3.80. The average Bonchev–Trinajstić information content (AvgIpc) is 3.89. The Morgan fingerprint density at radius 1 is 1.03 bits per heavy atom. The average molecular weight is 957 g/mol. The van der Waals surface area contributed by atoms with Gasteiger partial charge in [-0.05, 0) is 109 Å². The normalized spacial score (nSPS) is 35.2. The van der Waals surface area contributed by atoms with Gasteiger partial charge < -0.3 is 38.8 Å². The summed E-state index contributed by atoms with van der Waals surface area (Å²) in [6.45, 7) is 6.79. The van der Waals surface area contributed by atoms with Crippen LogP contribution >= 0.6 is 22.6 Å². The van der Waals surface area contributed by atoms with Gasteiger partial charge in [0.2, 0.25) is 11.5 Å². The molecule has 5 aliphatic heterocycles. The Bertz CT molecular complexity index is 2350. The first-order chi connectivity index (χ1) is 29.0. The van der Waals surface area contributed by atoms with Crippen LogP contribution in [0.25, 0.3) is 10.9 Å². The maximum absolute atomic E-state index is 15.4. The van der Waals surface area contributed by atoms with Crippen molar-refractivity contribution in [3.63, 3.8) is 0 Å². The number of carbonyl (C=O) groups is 3. The van der Waals surface area contributed by atoms with Gasteiger partial charge in [-0.1, -0.05) is 19.1 Å². The first-order valence-corrected chi connectivity index (χ1v) is 22.4. The molecule has 1 aromatic heterocycles. The number of piperidine rings is 1. The van der Waals surface area contributed by atoms with E-state index in [-0.39, 0.29) is 31.3 Å². The predicted octanol–water partition coefficient (Wildman–Crippen LogP) is 5.73. The molecule has 1 unspecified atom stereocenters. The summed E-state index contributed by atoms with van der Waals surface area (Å²) in [5.74, 6) is -5.92. The van der Waals surface area contributed by atoms with Gasteiger partial charge in [0.15, 0.2) is 6.10 Å². The number of anilines is 1. The summed E-state index contributed by atoms with van der Waals surface area (Å²) in [5.41, 5.74) is -1.53. The number of halogens is 3. The molecule has 3 fully saturated rings. The summed E-state index contributed by atoms with van der Waals surface area (Å²) >= 11 is 2.29. The Balaban J connectivity index is 1.36. The van der Waals surface area contributed by atoms with Crippen molar-refractivity contribution in [1.29, 1.82) is 0 Å². The number of nitrogens with one attached hydrogen (secondary N) is 1. The van der Waals surface area contributed by atoms with Gasteiger partial charge in [-0.15, -0.1) is 0 Å². The number of alkyl halides is 2. The van der Waals surface area contributed by atoms with Crippen molar-refractivity contribution in [2.45, 2.75) is 93.4 Å². The second-order valence-electron chi connectivity index (χ2n) is 18.5. The van der Waals surface area contributed by atoms with E-state index < -0.39 is 63.7 Å². The lowest BCUT2D eigenvalue weighted by molar-refractivity contribution is -0.228. The van der Waals surface area contributed by atoms with Crippen LogP contribution in [0.15, 0.2) is 42.5 Å². The number of H-pyrrole nitrogens is 1. The largest absolute Gasteiger partial charge is 0.496 e. The monoisotopic (exact) mass is 956 g/mol. The van der Waals surface area contributed by atoms with Gasteiger partial charge in [0.1, 0.15) is 11.2 Å². The summed E-state index contributed by atoms with van der Waals surface area (Å²) in [7, 11) is 5.96. The number of ether oxygens (including phenoxy) is 4. The van der Waals surface area contributed by atoms with Crippen molar-refractivity contribution in [1.82, 2.24) is 14.8 Å². The van der Waals surface area contributed by atoms with E-state index in [1.165, 1.54) is 21.1 Å². The number of nitrogens with zero attached hydrogens (tertiary/aromatic N) is 3. The van der Waals surface area contributed by atoms with Gasteiger partial charge in [-0.25, -0.2) is 13.6 Å². The van der Waals surface area contributed by atoms with Crippen molar-refractivity contribution in [3.8, 4) is 5.75 Å². The molecule has 12 nitrogen and oxygen atoms in total. The van der Waals surface area contributed by atoms with E-state index >= 15 is 13.6 Å². The van der Waals surface area contributed by atoms with Crippen LogP contribution in [-0.4, -0.2) is 129 Å². The minimum atomic E-state index is -2.93. The van der Waals surface area contributed by atoms with E-state index in [0.717, 1.165) is 32.5 Å². The smallest absolute Gasteiger partial charge is 0.344 e. The zero-order valence-corrected chi connectivity index (χ0v) is 37.9. The van der Waals surface area contributed by atoms with Crippen LogP contribution in [0.2, 0.25) is 0 Å². The van der Waals surface area contributed by atoms with Crippen LogP contribution in [0.1, 0.15) is 68.8 Å². The highest BCUT2D eigenvalue weighted by Crippen LogP contribution is 2.68. The quantitative estimate of drug-likeness (QED) is 0.130. The van der Waals surface area contributed by atoms with E-state index in [1.807, 2.05) is 55.3 Å². The summed E-state index contributed by atoms with van der Waals surface area (Å²) < 4.78 is 55.6. The third-order valence-corrected chi connectivity index (χ3v) is 16.3. The fraction of sp³-hybridized carbons (Fsp3) is 0.587. The van der Waals surface area contributed by atoms with Crippen LogP contribution in [-0.2, 0) is 45.8 Å². The van der Waals surface area contributed by atoms with Gasteiger partial charge in [0.05, 0.1) is 27.4 Å². The fourth-order valence-electron chi connectivity index (χ4n) is 13.5. The SMILES string of the molecule is CC[C@]12C=CCN3CC[C@@]4(c5cc([C@@]6(C(=O)OC)C[C@@H]7C[C@@H](C(C)(F)F)CN(CCc8c6[nH]c6ccc(I)cc86)C7)c(OC)cc5N(C)[C@H]4[C@@](O)(C(=O)OC)[C@@H]1OC(C)=O)[C@@H]32. The lowest BCUT2D eigenvalue weighted by Crippen LogP contribution is -2.81. The zero-order valence-electron chi connectivity index (χ0n) is 35.8. The second-order valence-corrected chi connectivity index (χ2v) is 19.7. The third-order valence-electron chi connectivity index (χ3n) is 15.6. The van der Waals surface area contributed by atoms with Crippen molar-refractivity contribution in [3.05, 3.63) is 68.4 Å². The summed E-state index contributed by atoms with van der Waals surface area (Å²) in [6, 6.07) is 8.67. The Labute approximate surface area is 368 Å². The number of likely N-dealkylation sites (N-methyl/N-ethyl adjacent to an activating group) is 1. The molecule has 9 rings (SSSR count). The Morgan fingerprint density at radius 3 is 2.46 bits per heavy atom. The van der Waals surface area contributed by atoms with Gasteiger partial charge in [0.25, 0.3) is 0 Å². The molecule has 1 spiro atoms. The number of carbonyl (C=O) groups excluding carboxylic acids is 3. The molecule has 2 aromatic carbocycles. The molecule has 3 aromatic rings. The van der Waals surface area contributed by atoms with Gasteiger partial charge in [0, 0.05) is 100 Å². The van der Waals surface area contributed by atoms with E-state index in [4.69, 9.17) is 18.9 Å². The third kappa shape index (κ3) is 5.77. The second kappa shape index (κ2) is 14.6. The highest BCUT2D eigenvalue weighted by Gasteiger charge is 2.80. The van der Waals surface area contributed by atoms with Crippen LogP contribution in [0, 0.1) is 20.8 Å². The topological polar surface area (TPSA) is 134 Å². The summed E-state index contributed by atoms with van der Waals surface area (Å²) in [6.07, 6.45) is 4.53. The van der Waals surface area contributed by atoms with E-state index in [2.05, 4.69) is 43.4 Å². The number of esters is 3. The number of hydrogen-bond acceptors (Lipinski definition) is 11. The predicted molar refractivity (Wildman–Crippen MR) is 232 cm³/mol. The Kier molecular flexibility index (Phi) is 10.2. The molecule has 10 atom stereocenters. The maximum atomic E-state index is 15.4. The molecule has 2 N–H and O–H groups in total. The first kappa shape index (κ1) is 42.5. The van der Waals surface area contributed by atoms with Crippen LogP contribution in [0.5, 0.6) is 5.75 Å². The molecule has 6 heterocycles. The Morgan fingerprint density at radius 2 is 1.79 bits per heavy atom. The number of hydrogen-bond donors (Lipinski definition) is 2. The van der Waals surface area contributed by atoms with E-state index in [1.54, 1.807) is 7.11 Å². The molecular weight excluding hydrogens is 901 g/mol. The molecule has 15 heteroatoms. The first-order valence-electron chi connectivity index (χ1n) is 21.3. The van der Waals surface area contributed by atoms with Crippen LogP contribution < -0.4 is 9.64 Å². The molecule has 1 aliphatic carbocycles. The molecule has 1 saturated carbocycles. The fourth-order valence-corrected chi connectivity index (χ4v) is 13.9. The van der Waals surface area contributed by atoms with Crippen molar-refractivity contribution in [2.75, 3.05) is 66.0 Å². The number of rotatable bonds is 7. The summed E-state index contributed by atoms with van der Waals surface area (Å²) in [4.78, 5) is 52.8. The van der Waals surface area contributed by atoms with Gasteiger partial charge in [-0.3, -0.25) is 14.5 Å². The molecule has 61 heavy (non-hydrogen) atoms. The molecular formula is C46H55F2IN4O8. The van der Waals surface area contributed by atoms with Crippen molar-refractivity contribution < 1.29 is 47.2 Å². The number of methoxy groups -OCH3 is 3. The minimum Gasteiger partial charge on any atom is -0.496 e. The molecule has 2 saturated heterocycles. The van der Waals surface area contributed by atoms with Crippen LogP contribution in [0.3, 0.4) is 0 Å². The van der Waals surface area contributed by atoms with E-state index in [9.17, 15) is 14.7 Å². The molecule has 6 aliphatic rings. The highest BCUT2D eigenvalue weighted by atomic mass is 127. The number of fused-ring (bicyclic) bond motifs is 6. The number of benzene rings is 2. The summed E-state index contributed by atoms with van der Waals surface area (Å²) in [5, 5.41) is 14.3. The van der Waals surface area contributed by atoms with Gasteiger partial charge >= 0.3 is 17.9 Å². The highest BCUT2D eigenvalue weighted by molar-refractivity contribution is 14.1. The standard InChI is InChI=1S/C46H55F2IN4O8/c1-8-43-13-9-15-53-17-14-44(37(43)53)31-20-32(35(58-5)21-34(31)51(4)38(44)46(57,41(56)60-7)39(43)61-25(2)54)45(40(55)59-6)22-26-18-27(42(3,47)48)24-52(23-26)16-12-29-30-19-28(49)10-11-33(30)50-36(29)45/h9-11,13,19-21,26-27,37-39,50,57H,8,12,14-18,22-24H2,1-7H3/t26-,27+,37-,38+,39+,43+,44+,45-,46-/m0/s1. The minimum absolute atomic E-state index is 0.152. The van der Waals surface area contributed by atoms with Gasteiger partial charge in [-0.2, -0.15) is 0 Å². The molecule has 0 radical (unpaired) electrons. The molecule has 2 bridgehead atoms. The maximum Gasteiger partial charge on any atom is 0.344 e. The number of aromatic nitrogens is 1. The molecule has 328 valence electrons. The lowest BCUT2D eigenvalue weighted by atomic mass is 9.47. The number of aromatic amines is 1. The molecule has 0 amide bonds. The lowest BCUT2D eigenvalue weighted by Gasteiger charge is -2.63. The zero-order chi connectivity index (χ0) is 43.6.